The van der Waals surface area contributed by atoms with E-state index >= 15 is 0 Å². The monoisotopic (exact) mass is 411 g/mol. The Hall–Kier alpha value is -3.45. The van der Waals surface area contributed by atoms with Crippen molar-refractivity contribution in [2.75, 3.05) is 19.0 Å². The Morgan fingerprint density at radius 2 is 1.90 bits per heavy atom. The Bertz CT molecular complexity index is 1060. The molecule has 0 aliphatic carbocycles. The fourth-order valence-corrected chi connectivity index (χ4v) is 3.55. The molecule has 5 nitrogen and oxygen atoms in total. The van der Waals surface area contributed by atoms with Crippen LogP contribution in [0.25, 0.3) is 11.1 Å². The van der Waals surface area contributed by atoms with Crippen LogP contribution in [-0.4, -0.2) is 26.2 Å². The fourth-order valence-electron chi connectivity index (χ4n) is 3.55. The summed E-state index contributed by atoms with van der Waals surface area (Å²) in [5.74, 6) is 0.185. The Morgan fingerprint density at radius 1 is 1.10 bits per heavy atom. The maximum absolute atomic E-state index is 13.0. The van der Waals surface area contributed by atoms with Crippen molar-refractivity contribution < 1.29 is 27.8 Å². The molecule has 1 N–H and O–H groups in total. The molecule has 7 heteroatoms. The molecule has 1 heterocycles. The molecule has 154 valence electrons. The molecule has 1 amide bonds. The molecular weight excluding hydrogens is 392 g/mol. The Morgan fingerprint density at radius 3 is 2.63 bits per heavy atom. The van der Waals surface area contributed by atoms with E-state index < -0.39 is 12.7 Å². The number of carbonyl (C=O) groups excluding carboxylic acids is 1. The summed E-state index contributed by atoms with van der Waals surface area (Å²) in [6.45, 7) is -3.04. The first-order chi connectivity index (χ1) is 14.6. The highest BCUT2D eigenvalue weighted by Crippen LogP contribution is 2.49. The van der Waals surface area contributed by atoms with Crippen LogP contribution in [0.4, 0.5) is 14.5 Å². The molecular formula is C23H19F2NO4. The van der Waals surface area contributed by atoms with Gasteiger partial charge in [0.25, 0.3) is 0 Å². The molecule has 0 saturated heterocycles. The number of hydrogen-bond donors (Lipinski definition) is 1. The summed E-state index contributed by atoms with van der Waals surface area (Å²) in [6.07, 6.45) is -0.477. The van der Waals surface area contributed by atoms with E-state index in [4.69, 9.17) is 14.2 Å². The van der Waals surface area contributed by atoms with Crippen molar-refractivity contribution >= 4 is 11.6 Å². The molecule has 0 bridgehead atoms. The van der Waals surface area contributed by atoms with Gasteiger partial charge in [-0.2, -0.15) is 8.78 Å². The van der Waals surface area contributed by atoms with E-state index in [9.17, 15) is 13.6 Å². The van der Waals surface area contributed by atoms with Gasteiger partial charge in [-0.25, -0.2) is 0 Å². The van der Waals surface area contributed by atoms with E-state index in [2.05, 4.69) is 5.32 Å². The number of methoxy groups -OCH3 is 1. The summed E-state index contributed by atoms with van der Waals surface area (Å²) in [7, 11) is 1.44. The van der Waals surface area contributed by atoms with Crippen molar-refractivity contribution in [3.8, 4) is 22.6 Å². The minimum absolute atomic E-state index is 0.0337. The number of amides is 1. The molecule has 1 unspecified atom stereocenters. The first kappa shape index (κ1) is 19.8. The van der Waals surface area contributed by atoms with Crippen molar-refractivity contribution in [3.05, 3.63) is 77.9 Å². The number of benzene rings is 3. The summed E-state index contributed by atoms with van der Waals surface area (Å²) in [5, 5.41) is 2.77. The van der Waals surface area contributed by atoms with Crippen LogP contribution in [0, 0.1) is 0 Å². The van der Waals surface area contributed by atoms with Gasteiger partial charge in [-0.15, -0.1) is 0 Å². The molecule has 0 saturated carbocycles. The summed E-state index contributed by atoms with van der Waals surface area (Å²) >= 11 is 0. The van der Waals surface area contributed by atoms with Gasteiger partial charge >= 0.3 is 6.61 Å². The molecule has 3 aromatic carbocycles. The quantitative estimate of drug-likeness (QED) is 0.619. The second kappa shape index (κ2) is 8.51. The first-order valence-electron chi connectivity index (χ1n) is 9.29. The predicted molar refractivity (Wildman–Crippen MR) is 108 cm³/mol. The zero-order valence-electron chi connectivity index (χ0n) is 16.1. The second-order valence-electron chi connectivity index (χ2n) is 6.70. The molecule has 3 aromatic rings. The Balaban J connectivity index is 1.84. The third-order valence-corrected chi connectivity index (χ3v) is 4.71. The van der Waals surface area contributed by atoms with Crippen molar-refractivity contribution in [3.63, 3.8) is 0 Å². The van der Waals surface area contributed by atoms with Crippen molar-refractivity contribution in [1.82, 2.24) is 0 Å². The number of hydrogen-bond acceptors (Lipinski definition) is 4. The van der Waals surface area contributed by atoms with Crippen molar-refractivity contribution in [2.24, 2.45) is 0 Å². The summed E-state index contributed by atoms with van der Waals surface area (Å²) in [6, 6.07) is 19.6. The number of alkyl halides is 2. The highest BCUT2D eigenvalue weighted by molar-refractivity contribution is 5.93. The smallest absolute Gasteiger partial charge is 0.387 e. The first-order valence-corrected chi connectivity index (χ1v) is 9.29. The predicted octanol–water partition coefficient (Wildman–Crippen LogP) is 5.02. The second-order valence-corrected chi connectivity index (χ2v) is 6.70. The highest BCUT2D eigenvalue weighted by atomic mass is 19.3. The number of ether oxygens (including phenoxy) is 3. The lowest BCUT2D eigenvalue weighted by Gasteiger charge is -2.30. The number of halogens is 2. The third kappa shape index (κ3) is 3.97. The van der Waals surface area contributed by atoms with Gasteiger partial charge in [-0.05, 0) is 35.4 Å². The minimum Gasteiger partial charge on any atom is -0.480 e. The number of carbonyl (C=O) groups is 1. The average molecular weight is 411 g/mol. The molecule has 0 spiro atoms. The molecule has 0 radical (unpaired) electrons. The minimum atomic E-state index is -2.96. The highest BCUT2D eigenvalue weighted by Gasteiger charge is 2.30. The van der Waals surface area contributed by atoms with Gasteiger partial charge in [-0.1, -0.05) is 42.5 Å². The maximum atomic E-state index is 13.0. The van der Waals surface area contributed by atoms with Gasteiger partial charge in [-0.3, -0.25) is 4.79 Å². The zero-order valence-corrected chi connectivity index (χ0v) is 16.1. The van der Waals surface area contributed by atoms with Crippen LogP contribution < -0.4 is 14.8 Å². The van der Waals surface area contributed by atoms with E-state index in [1.54, 1.807) is 30.3 Å². The van der Waals surface area contributed by atoms with Crippen LogP contribution in [0.5, 0.6) is 11.5 Å². The largest absolute Gasteiger partial charge is 0.480 e. The molecule has 0 aromatic heterocycles. The van der Waals surface area contributed by atoms with Gasteiger partial charge in [0.15, 0.2) is 0 Å². The number of anilines is 1. The van der Waals surface area contributed by atoms with Gasteiger partial charge in [0, 0.05) is 18.4 Å². The summed E-state index contributed by atoms with van der Waals surface area (Å²) < 4.78 is 41.7. The van der Waals surface area contributed by atoms with Crippen LogP contribution in [0.3, 0.4) is 0 Å². The van der Waals surface area contributed by atoms with E-state index in [1.165, 1.54) is 13.2 Å². The lowest BCUT2D eigenvalue weighted by atomic mass is 9.88. The van der Waals surface area contributed by atoms with Crippen molar-refractivity contribution in [2.45, 2.75) is 12.7 Å². The lowest BCUT2D eigenvalue weighted by molar-refractivity contribution is -0.119. The van der Waals surface area contributed by atoms with Gasteiger partial charge < -0.3 is 19.5 Å². The molecule has 30 heavy (non-hydrogen) atoms. The Labute approximate surface area is 172 Å². The van der Waals surface area contributed by atoms with Gasteiger partial charge in [0.05, 0.1) is 5.56 Å². The summed E-state index contributed by atoms with van der Waals surface area (Å²) in [5.41, 5.74) is 3.33. The Kier molecular flexibility index (Phi) is 5.63. The van der Waals surface area contributed by atoms with Crippen LogP contribution in [0.2, 0.25) is 0 Å². The molecule has 1 atom stereocenters. The molecule has 0 fully saturated rings. The standard InChI is InChI=1S/C23H19F2NO4/c1-28-13-20(27)26-15-10-11-16-17(12-15)22(14-6-3-2-4-7-14)29-18-8-5-9-19(21(16)18)30-23(24)25/h2-12,22-23H,13H2,1H3,(H,26,27). The average Bonchev–Trinajstić information content (AvgIpc) is 2.73. The van der Waals surface area contributed by atoms with Crippen LogP contribution in [-0.2, 0) is 9.53 Å². The number of rotatable bonds is 6. The fraction of sp³-hybridized carbons (Fsp3) is 0.174. The number of nitrogens with one attached hydrogen (secondary N) is 1. The maximum Gasteiger partial charge on any atom is 0.387 e. The van der Waals surface area contributed by atoms with E-state index in [0.29, 0.717) is 22.6 Å². The molecule has 1 aliphatic heterocycles. The van der Waals surface area contributed by atoms with E-state index in [1.807, 2.05) is 30.3 Å². The topological polar surface area (TPSA) is 56.8 Å². The normalized spacial score (nSPS) is 14.5. The molecule has 1 aliphatic rings. The summed E-state index contributed by atoms with van der Waals surface area (Å²) in [4.78, 5) is 11.9. The van der Waals surface area contributed by atoms with Crippen LogP contribution in [0.15, 0.2) is 66.7 Å². The lowest BCUT2D eigenvalue weighted by Crippen LogP contribution is -2.19. The SMILES string of the molecule is COCC(=O)Nc1ccc2c(c1)C(c1ccccc1)Oc1cccc(OC(F)F)c1-2. The zero-order chi connectivity index (χ0) is 21.1. The van der Waals surface area contributed by atoms with E-state index in [0.717, 1.165) is 11.1 Å². The molecule has 4 rings (SSSR count). The third-order valence-electron chi connectivity index (χ3n) is 4.71. The van der Waals surface area contributed by atoms with Crippen molar-refractivity contribution in [1.29, 1.82) is 0 Å². The van der Waals surface area contributed by atoms with Gasteiger partial charge in [0.1, 0.15) is 24.2 Å². The van der Waals surface area contributed by atoms with Crippen LogP contribution >= 0.6 is 0 Å². The van der Waals surface area contributed by atoms with Crippen LogP contribution in [0.1, 0.15) is 17.2 Å². The van der Waals surface area contributed by atoms with E-state index in [-0.39, 0.29) is 18.3 Å². The number of fused-ring (bicyclic) bond motifs is 3. The van der Waals surface area contributed by atoms with Gasteiger partial charge in [0.2, 0.25) is 5.91 Å².